The van der Waals surface area contributed by atoms with E-state index in [0.29, 0.717) is 23.4 Å². The molecule has 0 bridgehead atoms. The Morgan fingerprint density at radius 1 is 1.00 bits per heavy atom. The highest BCUT2D eigenvalue weighted by Crippen LogP contribution is 2.19. The molecule has 2 aromatic rings. The minimum Gasteiger partial charge on any atom is -0.383 e. The van der Waals surface area contributed by atoms with Crippen molar-refractivity contribution in [2.75, 3.05) is 11.9 Å². The number of hydrogen-bond donors (Lipinski definition) is 1. The summed E-state index contributed by atoms with van der Waals surface area (Å²) in [5.74, 6) is 0. The van der Waals surface area contributed by atoms with E-state index in [0.717, 1.165) is 12.1 Å². The number of benzene rings is 1. The fourth-order valence-corrected chi connectivity index (χ4v) is 1.79. The van der Waals surface area contributed by atoms with Gasteiger partial charge in [0.2, 0.25) is 0 Å². The number of anilines is 1. The second kappa shape index (κ2) is 6.18. The number of aromatic nitrogens is 1. The molecule has 92 valence electrons. The van der Waals surface area contributed by atoms with Crippen LogP contribution >= 0.6 is 0 Å². The van der Waals surface area contributed by atoms with Crippen LogP contribution in [0.1, 0.15) is 16.8 Å². The molecule has 4 heteroatoms. The highest BCUT2D eigenvalue weighted by atomic mass is 14.9. The standard InChI is InChI=1S/C15H12N4/c16-10-12-4-3-5-13(11-17)15(12)19-9-7-14-6-1-2-8-18-14/h1-6,8,19H,7,9H2. The van der Waals surface area contributed by atoms with E-state index in [1.807, 2.05) is 18.2 Å². The van der Waals surface area contributed by atoms with Gasteiger partial charge in [0.1, 0.15) is 12.1 Å². The van der Waals surface area contributed by atoms with Crippen molar-refractivity contribution in [3.63, 3.8) is 0 Å². The first-order valence-electron chi connectivity index (χ1n) is 5.92. The summed E-state index contributed by atoms with van der Waals surface area (Å²) in [5, 5.41) is 21.2. The maximum absolute atomic E-state index is 9.04. The average molecular weight is 248 g/mol. The predicted octanol–water partition coefficient (Wildman–Crippen LogP) is 2.48. The van der Waals surface area contributed by atoms with Gasteiger partial charge < -0.3 is 5.32 Å². The summed E-state index contributed by atoms with van der Waals surface area (Å²) in [7, 11) is 0. The van der Waals surface area contributed by atoms with Gasteiger partial charge in [-0.15, -0.1) is 0 Å². The first-order valence-corrected chi connectivity index (χ1v) is 5.92. The van der Waals surface area contributed by atoms with E-state index in [1.54, 1.807) is 24.4 Å². The Balaban J connectivity index is 2.08. The third-order valence-corrected chi connectivity index (χ3v) is 2.71. The number of pyridine rings is 1. The van der Waals surface area contributed by atoms with Gasteiger partial charge in [-0.05, 0) is 24.3 Å². The first-order chi connectivity index (χ1) is 9.35. The van der Waals surface area contributed by atoms with Crippen molar-refractivity contribution < 1.29 is 0 Å². The van der Waals surface area contributed by atoms with Crippen molar-refractivity contribution in [3.8, 4) is 12.1 Å². The topological polar surface area (TPSA) is 72.5 Å². The lowest BCUT2D eigenvalue weighted by Gasteiger charge is -2.09. The van der Waals surface area contributed by atoms with Gasteiger partial charge in [0.05, 0.1) is 16.8 Å². The molecule has 0 aliphatic carbocycles. The largest absolute Gasteiger partial charge is 0.383 e. The fraction of sp³-hybridized carbons (Fsp3) is 0.133. The van der Waals surface area contributed by atoms with Crippen LogP contribution in [0.15, 0.2) is 42.6 Å². The second-order valence-electron chi connectivity index (χ2n) is 3.95. The van der Waals surface area contributed by atoms with Gasteiger partial charge in [0, 0.05) is 24.9 Å². The van der Waals surface area contributed by atoms with Crippen LogP contribution < -0.4 is 5.32 Å². The van der Waals surface area contributed by atoms with Crippen molar-refractivity contribution >= 4 is 5.69 Å². The molecule has 2 rings (SSSR count). The Labute approximate surface area is 112 Å². The Bertz CT molecular complexity index is 603. The summed E-state index contributed by atoms with van der Waals surface area (Å²) in [6.07, 6.45) is 2.49. The highest BCUT2D eigenvalue weighted by molar-refractivity contribution is 5.66. The Hall–Kier alpha value is -2.85. The maximum atomic E-state index is 9.04. The number of rotatable bonds is 4. The summed E-state index contributed by atoms with van der Waals surface area (Å²) in [5.41, 5.74) is 2.55. The van der Waals surface area contributed by atoms with Crippen LogP contribution in [-0.2, 0) is 6.42 Å². The Kier molecular flexibility index (Phi) is 4.10. The number of hydrogen-bond acceptors (Lipinski definition) is 4. The number of nitrogens with one attached hydrogen (secondary N) is 1. The number of para-hydroxylation sites is 1. The van der Waals surface area contributed by atoms with E-state index < -0.39 is 0 Å². The molecule has 0 atom stereocenters. The number of nitrogens with zero attached hydrogens (tertiary/aromatic N) is 3. The smallest absolute Gasteiger partial charge is 0.101 e. The average Bonchev–Trinajstić information content (AvgIpc) is 2.48. The molecule has 1 aromatic carbocycles. The summed E-state index contributed by atoms with van der Waals surface area (Å²) < 4.78 is 0. The minimum atomic E-state index is 0.486. The van der Waals surface area contributed by atoms with E-state index in [1.165, 1.54) is 0 Å². The van der Waals surface area contributed by atoms with Crippen LogP contribution in [0, 0.1) is 22.7 Å². The van der Waals surface area contributed by atoms with Gasteiger partial charge in [0.15, 0.2) is 0 Å². The summed E-state index contributed by atoms with van der Waals surface area (Å²) in [4.78, 5) is 4.23. The number of nitriles is 2. The molecule has 0 saturated carbocycles. The molecule has 1 aromatic heterocycles. The normalized spacial score (nSPS) is 9.37. The zero-order chi connectivity index (χ0) is 13.5. The van der Waals surface area contributed by atoms with Crippen LogP contribution in [0.2, 0.25) is 0 Å². The maximum Gasteiger partial charge on any atom is 0.101 e. The lowest BCUT2D eigenvalue weighted by Crippen LogP contribution is -2.08. The molecule has 0 radical (unpaired) electrons. The van der Waals surface area contributed by atoms with Gasteiger partial charge in [0.25, 0.3) is 0 Å². The minimum absolute atomic E-state index is 0.486. The Morgan fingerprint density at radius 3 is 2.32 bits per heavy atom. The van der Waals surface area contributed by atoms with Crippen molar-refractivity contribution in [1.29, 1.82) is 10.5 Å². The summed E-state index contributed by atoms with van der Waals surface area (Å²) >= 11 is 0. The highest BCUT2D eigenvalue weighted by Gasteiger charge is 2.07. The molecule has 4 nitrogen and oxygen atoms in total. The molecule has 0 amide bonds. The van der Waals surface area contributed by atoms with E-state index in [4.69, 9.17) is 10.5 Å². The van der Waals surface area contributed by atoms with Crippen LogP contribution in [0.4, 0.5) is 5.69 Å². The van der Waals surface area contributed by atoms with Crippen LogP contribution in [0.25, 0.3) is 0 Å². The fourth-order valence-electron chi connectivity index (χ4n) is 1.79. The summed E-state index contributed by atoms with van der Waals surface area (Å²) in [6.45, 7) is 0.629. The molecular weight excluding hydrogens is 236 g/mol. The molecular formula is C15H12N4. The lowest BCUT2D eigenvalue weighted by atomic mass is 10.1. The quantitative estimate of drug-likeness (QED) is 0.902. The van der Waals surface area contributed by atoms with Crippen LogP contribution in [0.3, 0.4) is 0 Å². The molecule has 0 fully saturated rings. The molecule has 1 N–H and O–H groups in total. The van der Waals surface area contributed by atoms with Crippen molar-refractivity contribution in [3.05, 3.63) is 59.4 Å². The first kappa shape index (κ1) is 12.6. The molecule has 0 spiro atoms. The van der Waals surface area contributed by atoms with Gasteiger partial charge >= 0.3 is 0 Å². The summed E-state index contributed by atoms with van der Waals surface area (Å²) in [6, 6.07) is 15.0. The Morgan fingerprint density at radius 2 is 1.74 bits per heavy atom. The van der Waals surface area contributed by atoms with E-state index in [2.05, 4.69) is 22.4 Å². The van der Waals surface area contributed by atoms with Gasteiger partial charge in [-0.3, -0.25) is 4.98 Å². The van der Waals surface area contributed by atoms with Gasteiger partial charge in [-0.1, -0.05) is 12.1 Å². The van der Waals surface area contributed by atoms with Crippen LogP contribution in [-0.4, -0.2) is 11.5 Å². The third-order valence-electron chi connectivity index (χ3n) is 2.71. The monoisotopic (exact) mass is 248 g/mol. The third kappa shape index (κ3) is 3.08. The van der Waals surface area contributed by atoms with Crippen molar-refractivity contribution in [2.45, 2.75) is 6.42 Å². The van der Waals surface area contributed by atoms with Crippen molar-refractivity contribution in [2.24, 2.45) is 0 Å². The SMILES string of the molecule is N#Cc1cccc(C#N)c1NCCc1ccccn1. The molecule has 1 heterocycles. The molecule has 0 unspecified atom stereocenters. The lowest BCUT2D eigenvalue weighted by molar-refractivity contribution is 0.960. The van der Waals surface area contributed by atoms with E-state index in [9.17, 15) is 0 Å². The van der Waals surface area contributed by atoms with Crippen molar-refractivity contribution in [1.82, 2.24) is 4.98 Å². The molecule has 0 aliphatic heterocycles. The zero-order valence-electron chi connectivity index (χ0n) is 10.3. The second-order valence-corrected chi connectivity index (χ2v) is 3.95. The van der Waals surface area contributed by atoms with Gasteiger partial charge in [-0.2, -0.15) is 10.5 Å². The van der Waals surface area contributed by atoms with E-state index in [-0.39, 0.29) is 0 Å². The van der Waals surface area contributed by atoms with Gasteiger partial charge in [-0.25, -0.2) is 0 Å². The molecule has 19 heavy (non-hydrogen) atoms. The van der Waals surface area contributed by atoms with E-state index >= 15 is 0 Å². The zero-order valence-corrected chi connectivity index (χ0v) is 10.3. The molecule has 0 aliphatic rings. The molecule has 0 saturated heterocycles. The predicted molar refractivity (Wildman–Crippen MR) is 72.3 cm³/mol. The van der Waals surface area contributed by atoms with Crippen LogP contribution in [0.5, 0.6) is 0 Å².